The average molecular weight is 421 g/mol. The summed E-state index contributed by atoms with van der Waals surface area (Å²) in [6.45, 7) is 2.87. The number of pyridine rings is 1. The van der Waals surface area contributed by atoms with E-state index in [2.05, 4.69) is 15.0 Å². The van der Waals surface area contributed by atoms with Gasteiger partial charge >= 0.3 is 0 Å². The highest BCUT2D eigenvalue weighted by Crippen LogP contribution is 2.43. The molecular formula is C20H19ClF2N4O2. The summed E-state index contributed by atoms with van der Waals surface area (Å²) in [6, 6.07) is 3.48. The van der Waals surface area contributed by atoms with Crippen LogP contribution in [0.15, 0.2) is 18.3 Å². The Morgan fingerprint density at radius 3 is 2.38 bits per heavy atom. The van der Waals surface area contributed by atoms with E-state index in [1.165, 1.54) is 12.0 Å². The lowest BCUT2D eigenvalue weighted by atomic mass is 10.0. The molecule has 1 aromatic carbocycles. The van der Waals surface area contributed by atoms with Crippen molar-refractivity contribution in [3.05, 3.63) is 34.6 Å². The van der Waals surface area contributed by atoms with Crippen LogP contribution in [0.25, 0.3) is 22.3 Å². The summed E-state index contributed by atoms with van der Waals surface area (Å²) in [4.78, 5) is 15.1. The van der Waals surface area contributed by atoms with Gasteiger partial charge in [-0.25, -0.2) is 18.7 Å². The molecule has 3 aromatic rings. The summed E-state index contributed by atoms with van der Waals surface area (Å²) < 4.78 is 37.9. The van der Waals surface area contributed by atoms with Crippen molar-refractivity contribution in [1.29, 1.82) is 0 Å². The topological polar surface area (TPSA) is 60.4 Å². The molecule has 1 aliphatic heterocycles. The second kappa shape index (κ2) is 6.95. The fraction of sp³-hybridized carbons (Fsp3) is 0.350. The molecule has 3 heterocycles. The zero-order chi connectivity index (χ0) is 20.9. The lowest BCUT2D eigenvalue weighted by molar-refractivity contribution is -0.0265. The number of hydrogen-bond acceptors (Lipinski definition) is 6. The zero-order valence-corrected chi connectivity index (χ0v) is 17.1. The Morgan fingerprint density at radius 2 is 1.76 bits per heavy atom. The molecule has 0 unspecified atom stereocenters. The first-order chi connectivity index (χ1) is 13.7. The largest absolute Gasteiger partial charge is 0.496 e. The van der Waals surface area contributed by atoms with Crippen molar-refractivity contribution in [3.8, 4) is 22.9 Å². The Labute approximate surface area is 171 Å². The van der Waals surface area contributed by atoms with Gasteiger partial charge in [0.15, 0.2) is 5.82 Å². The number of aromatic nitrogens is 3. The van der Waals surface area contributed by atoms with Crippen LogP contribution >= 0.6 is 11.6 Å². The second-order valence-corrected chi connectivity index (χ2v) is 7.40. The van der Waals surface area contributed by atoms with Crippen LogP contribution in [0.5, 0.6) is 11.5 Å². The van der Waals surface area contributed by atoms with Crippen molar-refractivity contribution in [3.63, 3.8) is 0 Å². The van der Waals surface area contributed by atoms with Gasteiger partial charge in [-0.15, -0.1) is 0 Å². The van der Waals surface area contributed by atoms with Gasteiger partial charge in [0.05, 0.1) is 44.0 Å². The van der Waals surface area contributed by atoms with Crippen LogP contribution in [0.3, 0.4) is 0 Å². The maximum Gasteiger partial charge on any atom is 0.282 e. The van der Waals surface area contributed by atoms with E-state index in [9.17, 15) is 8.78 Å². The molecule has 2 aromatic heterocycles. The lowest BCUT2D eigenvalue weighted by Crippen LogP contribution is -2.56. The molecule has 6 nitrogen and oxygen atoms in total. The van der Waals surface area contributed by atoms with Gasteiger partial charge in [0.1, 0.15) is 17.3 Å². The number of nitrogens with zero attached hydrogens (tertiary/aromatic N) is 4. The van der Waals surface area contributed by atoms with E-state index in [1.807, 2.05) is 13.8 Å². The van der Waals surface area contributed by atoms with Crippen molar-refractivity contribution in [2.75, 3.05) is 32.2 Å². The predicted octanol–water partition coefficient (Wildman–Crippen LogP) is 4.43. The standard InChI is InChI=1S/C20H19ClF2N4O2/c1-10-5-12-13(7-24-10)25-18(26-19(12)27-8-20(22,23)9-27)16-11(2)14(28-3)6-15(29-4)17(16)21/h5-7H,8-9H2,1-4H3. The summed E-state index contributed by atoms with van der Waals surface area (Å²) in [5.41, 5.74) is 2.54. The number of benzene rings is 1. The first kappa shape index (κ1) is 19.6. The van der Waals surface area contributed by atoms with E-state index in [4.69, 9.17) is 21.1 Å². The molecule has 0 radical (unpaired) electrons. The first-order valence-corrected chi connectivity index (χ1v) is 9.30. The molecule has 9 heteroatoms. The third-order valence-electron chi connectivity index (χ3n) is 4.95. The third-order valence-corrected chi connectivity index (χ3v) is 5.32. The van der Waals surface area contributed by atoms with E-state index in [0.29, 0.717) is 44.6 Å². The predicted molar refractivity (Wildman–Crippen MR) is 108 cm³/mol. The summed E-state index contributed by atoms with van der Waals surface area (Å²) in [6.07, 6.45) is 1.61. The van der Waals surface area contributed by atoms with Gasteiger partial charge in [0, 0.05) is 28.3 Å². The average Bonchev–Trinajstić information content (AvgIpc) is 2.66. The van der Waals surface area contributed by atoms with Crippen molar-refractivity contribution in [2.24, 2.45) is 0 Å². The molecule has 29 heavy (non-hydrogen) atoms. The van der Waals surface area contributed by atoms with E-state index >= 15 is 0 Å². The molecule has 0 spiro atoms. The van der Waals surface area contributed by atoms with Crippen LogP contribution in [0.1, 0.15) is 11.3 Å². The Kier molecular flexibility index (Phi) is 4.69. The van der Waals surface area contributed by atoms with Crippen molar-refractivity contribution in [1.82, 2.24) is 15.0 Å². The van der Waals surface area contributed by atoms with Gasteiger partial charge in [0.2, 0.25) is 0 Å². The molecule has 1 fully saturated rings. The van der Waals surface area contributed by atoms with Crippen LogP contribution in [0.2, 0.25) is 5.02 Å². The highest BCUT2D eigenvalue weighted by Gasteiger charge is 2.45. The van der Waals surface area contributed by atoms with Gasteiger partial charge in [-0.3, -0.25) is 4.98 Å². The SMILES string of the molecule is COc1cc(OC)c(Cl)c(-c2nc(N3CC(F)(F)C3)c3cc(C)ncc3n2)c1C. The summed E-state index contributed by atoms with van der Waals surface area (Å²) in [5.74, 6) is -1.03. The molecule has 1 saturated heterocycles. The normalized spacial score (nSPS) is 15.3. The van der Waals surface area contributed by atoms with Gasteiger partial charge in [-0.1, -0.05) is 11.6 Å². The number of anilines is 1. The van der Waals surface area contributed by atoms with Crippen LogP contribution < -0.4 is 14.4 Å². The summed E-state index contributed by atoms with van der Waals surface area (Å²) >= 11 is 6.57. The molecule has 0 saturated carbocycles. The number of methoxy groups -OCH3 is 2. The van der Waals surface area contributed by atoms with Gasteiger partial charge in [-0.05, 0) is 19.9 Å². The van der Waals surface area contributed by atoms with Crippen LogP contribution in [0, 0.1) is 13.8 Å². The highest BCUT2D eigenvalue weighted by molar-refractivity contribution is 6.35. The van der Waals surface area contributed by atoms with Crippen LogP contribution in [-0.4, -0.2) is 48.2 Å². The Hall–Kier alpha value is -2.74. The van der Waals surface area contributed by atoms with Crippen LogP contribution in [-0.2, 0) is 0 Å². The first-order valence-electron chi connectivity index (χ1n) is 8.92. The molecular weight excluding hydrogens is 402 g/mol. The van der Waals surface area contributed by atoms with E-state index in [-0.39, 0.29) is 0 Å². The number of fused-ring (bicyclic) bond motifs is 1. The van der Waals surface area contributed by atoms with Gasteiger partial charge in [0.25, 0.3) is 5.92 Å². The van der Waals surface area contributed by atoms with E-state index < -0.39 is 19.0 Å². The summed E-state index contributed by atoms with van der Waals surface area (Å²) in [5, 5.41) is 0.991. The lowest BCUT2D eigenvalue weighted by Gasteiger charge is -2.40. The maximum absolute atomic E-state index is 13.6. The molecule has 0 atom stereocenters. The number of hydrogen-bond donors (Lipinski definition) is 0. The Balaban J connectivity index is 1.98. The summed E-state index contributed by atoms with van der Waals surface area (Å²) in [7, 11) is 3.04. The molecule has 0 N–H and O–H groups in total. The molecule has 4 rings (SSSR count). The fourth-order valence-corrected chi connectivity index (χ4v) is 3.82. The maximum atomic E-state index is 13.6. The fourth-order valence-electron chi connectivity index (χ4n) is 3.46. The minimum Gasteiger partial charge on any atom is -0.496 e. The molecule has 0 amide bonds. The quantitative estimate of drug-likeness (QED) is 0.622. The number of halogens is 3. The monoisotopic (exact) mass is 420 g/mol. The van der Waals surface area contributed by atoms with Crippen LogP contribution in [0.4, 0.5) is 14.6 Å². The second-order valence-electron chi connectivity index (χ2n) is 7.02. The van der Waals surface area contributed by atoms with Crippen molar-refractivity contribution in [2.45, 2.75) is 19.8 Å². The minimum atomic E-state index is -2.73. The number of aryl methyl sites for hydroxylation is 1. The molecule has 152 valence electrons. The molecule has 1 aliphatic rings. The molecule has 0 aliphatic carbocycles. The Morgan fingerprint density at radius 1 is 1.07 bits per heavy atom. The highest BCUT2D eigenvalue weighted by atomic mass is 35.5. The van der Waals surface area contributed by atoms with Crippen molar-refractivity contribution < 1.29 is 18.3 Å². The number of ether oxygens (including phenoxy) is 2. The van der Waals surface area contributed by atoms with Gasteiger partial charge in [-0.2, -0.15) is 0 Å². The smallest absolute Gasteiger partial charge is 0.282 e. The van der Waals surface area contributed by atoms with Crippen molar-refractivity contribution >= 4 is 28.3 Å². The third kappa shape index (κ3) is 3.31. The zero-order valence-electron chi connectivity index (χ0n) is 16.4. The molecule has 0 bridgehead atoms. The van der Waals surface area contributed by atoms with Gasteiger partial charge < -0.3 is 14.4 Å². The van der Waals surface area contributed by atoms with E-state index in [0.717, 1.165) is 11.3 Å². The number of alkyl halides is 2. The number of rotatable bonds is 4. The van der Waals surface area contributed by atoms with E-state index in [1.54, 1.807) is 25.4 Å². The minimum absolute atomic E-state index is 0.299. The Bertz CT molecular complexity index is 1090.